The van der Waals surface area contributed by atoms with Gasteiger partial charge in [0.2, 0.25) is 15.9 Å². The highest BCUT2D eigenvalue weighted by Crippen LogP contribution is 2.26. The molecule has 0 spiro atoms. The Kier molecular flexibility index (Phi) is 8.83. The van der Waals surface area contributed by atoms with Gasteiger partial charge in [-0.3, -0.25) is 24.6 Å². The van der Waals surface area contributed by atoms with Crippen LogP contribution in [0.4, 0.5) is 11.4 Å². The number of aromatic amines is 1. The molecule has 1 fully saturated rings. The number of pyridine rings is 1. The van der Waals surface area contributed by atoms with E-state index in [9.17, 15) is 22.8 Å². The van der Waals surface area contributed by atoms with Gasteiger partial charge in [0, 0.05) is 32.3 Å². The zero-order chi connectivity index (χ0) is 26.3. The molecule has 1 saturated heterocycles. The number of carbonyl (C=O) groups excluding carboxylic acids is 2. The van der Waals surface area contributed by atoms with Crippen LogP contribution >= 0.6 is 0 Å². The Hall–Kier alpha value is -3.71. The Morgan fingerprint density at radius 2 is 2.03 bits per heavy atom. The van der Waals surface area contributed by atoms with Gasteiger partial charge < -0.3 is 25.7 Å². The normalized spacial score (nSPS) is 16.5. The van der Waals surface area contributed by atoms with E-state index in [0.29, 0.717) is 18.4 Å². The SMILES string of the molecule is CC(=O)N(c1cc[nH]c(=O)c1NS(=O)(=O)Cc1ccccc1)[C@H](C=O)CN(C(=N)N)C1CCCNC1. The third-order valence-electron chi connectivity index (χ3n) is 5.89. The van der Waals surface area contributed by atoms with Crippen LogP contribution in [0.1, 0.15) is 25.3 Å². The maximum Gasteiger partial charge on any atom is 0.274 e. The number of piperidine rings is 1. The van der Waals surface area contributed by atoms with E-state index < -0.39 is 33.3 Å². The number of hydrogen-bond acceptors (Lipinski definition) is 7. The Labute approximate surface area is 209 Å². The molecule has 0 aliphatic carbocycles. The van der Waals surface area contributed by atoms with Crippen LogP contribution in [-0.2, 0) is 25.4 Å². The van der Waals surface area contributed by atoms with Crippen LogP contribution in [0.15, 0.2) is 47.4 Å². The van der Waals surface area contributed by atoms with E-state index in [1.54, 1.807) is 30.3 Å². The van der Waals surface area contributed by atoms with Crippen LogP contribution in [-0.4, -0.2) is 68.2 Å². The first-order valence-electron chi connectivity index (χ1n) is 11.5. The molecule has 1 aliphatic rings. The monoisotopic (exact) mass is 517 g/mol. The van der Waals surface area contributed by atoms with Crippen molar-refractivity contribution in [3.63, 3.8) is 0 Å². The molecule has 1 amide bonds. The van der Waals surface area contributed by atoms with Crippen molar-refractivity contribution in [2.45, 2.75) is 37.6 Å². The van der Waals surface area contributed by atoms with Crippen LogP contribution < -0.4 is 26.2 Å². The number of benzene rings is 1. The smallest absolute Gasteiger partial charge is 0.274 e. The molecule has 13 heteroatoms. The van der Waals surface area contributed by atoms with Gasteiger partial charge in [-0.2, -0.15) is 0 Å². The van der Waals surface area contributed by atoms with Gasteiger partial charge in [0.05, 0.1) is 11.4 Å². The van der Waals surface area contributed by atoms with Crippen molar-refractivity contribution < 1.29 is 18.0 Å². The highest BCUT2D eigenvalue weighted by atomic mass is 32.2. The van der Waals surface area contributed by atoms with Crippen molar-refractivity contribution in [3.05, 3.63) is 58.5 Å². The van der Waals surface area contributed by atoms with Crippen LogP contribution in [0.5, 0.6) is 0 Å². The third-order valence-corrected chi connectivity index (χ3v) is 7.12. The first kappa shape index (κ1) is 26.9. The van der Waals surface area contributed by atoms with Gasteiger partial charge in [-0.25, -0.2) is 8.42 Å². The number of anilines is 2. The Morgan fingerprint density at radius 3 is 2.61 bits per heavy atom. The number of hydrogen-bond donors (Lipinski definition) is 5. The van der Waals surface area contributed by atoms with Gasteiger partial charge in [0.15, 0.2) is 5.96 Å². The number of nitrogens with two attached hydrogens (primary N) is 1. The number of nitrogens with zero attached hydrogens (tertiary/aromatic N) is 2. The maximum absolute atomic E-state index is 12.9. The van der Waals surface area contributed by atoms with E-state index in [1.807, 2.05) is 0 Å². The lowest BCUT2D eigenvalue weighted by Crippen LogP contribution is -2.57. The molecule has 3 rings (SSSR count). The highest BCUT2D eigenvalue weighted by molar-refractivity contribution is 7.91. The van der Waals surface area contributed by atoms with E-state index in [-0.39, 0.29) is 29.9 Å². The summed E-state index contributed by atoms with van der Waals surface area (Å²) in [6.07, 6.45) is 3.39. The van der Waals surface area contributed by atoms with E-state index in [0.717, 1.165) is 24.3 Å². The molecule has 1 aliphatic heterocycles. The molecule has 1 aromatic heterocycles. The molecule has 0 bridgehead atoms. The Morgan fingerprint density at radius 1 is 1.31 bits per heavy atom. The molecular formula is C23H31N7O5S. The summed E-state index contributed by atoms with van der Waals surface area (Å²) in [4.78, 5) is 42.7. The van der Waals surface area contributed by atoms with Crippen molar-refractivity contribution in [2.24, 2.45) is 5.73 Å². The van der Waals surface area contributed by atoms with Crippen LogP contribution in [0.3, 0.4) is 0 Å². The van der Waals surface area contributed by atoms with Crippen LogP contribution in [0, 0.1) is 5.41 Å². The average molecular weight is 518 g/mol. The standard InChI is InChI=1S/C23H31N7O5S/c1-16(32)30(19(14-31)13-29(23(24)25)18-8-5-10-26-12-18)20-9-11-27-22(33)21(20)28-36(34,35)15-17-6-3-2-4-7-17/h2-4,6-7,9,11,14,18-19,26,28H,5,8,10,12-13,15H2,1H3,(H3,24,25)(H,27,33)/t18?,19-/m0/s1. The zero-order valence-corrected chi connectivity index (χ0v) is 20.8. The molecule has 12 nitrogen and oxygen atoms in total. The predicted molar refractivity (Wildman–Crippen MR) is 137 cm³/mol. The highest BCUT2D eigenvalue weighted by Gasteiger charge is 2.32. The van der Waals surface area contributed by atoms with Crippen molar-refractivity contribution in [1.29, 1.82) is 5.41 Å². The lowest BCUT2D eigenvalue weighted by Gasteiger charge is -2.38. The number of rotatable bonds is 10. The first-order valence-corrected chi connectivity index (χ1v) is 13.1. The summed E-state index contributed by atoms with van der Waals surface area (Å²) in [6.45, 7) is 2.49. The summed E-state index contributed by atoms with van der Waals surface area (Å²) in [6, 6.07) is 8.46. The summed E-state index contributed by atoms with van der Waals surface area (Å²) in [5.74, 6) is -1.24. The van der Waals surface area contributed by atoms with E-state index >= 15 is 0 Å². The molecule has 194 valence electrons. The zero-order valence-electron chi connectivity index (χ0n) is 19.9. The number of amides is 1. The fourth-order valence-corrected chi connectivity index (χ4v) is 5.48. The molecule has 2 aromatic rings. The van der Waals surface area contributed by atoms with Gasteiger partial charge in [-0.1, -0.05) is 30.3 Å². The second kappa shape index (κ2) is 11.8. The number of aldehydes is 1. The molecule has 2 atom stereocenters. The molecule has 2 heterocycles. The summed E-state index contributed by atoms with van der Waals surface area (Å²) in [5, 5.41) is 11.2. The third kappa shape index (κ3) is 6.70. The largest absolute Gasteiger partial charge is 0.370 e. The number of aromatic nitrogens is 1. The van der Waals surface area contributed by atoms with Gasteiger partial charge in [-0.15, -0.1) is 0 Å². The predicted octanol–water partition coefficient (Wildman–Crippen LogP) is 0.185. The molecule has 0 radical (unpaired) electrons. The Bertz CT molecular complexity index is 1240. The topological polar surface area (TPSA) is 182 Å². The minimum Gasteiger partial charge on any atom is -0.370 e. The van der Waals surface area contributed by atoms with Gasteiger partial charge in [-0.05, 0) is 31.0 Å². The second-order valence-corrected chi connectivity index (χ2v) is 10.3. The number of H-pyrrole nitrogens is 1. The van der Waals surface area contributed by atoms with Gasteiger partial charge in [0.25, 0.3) is 5.56 Å². The minimum absolute atomic E-state index is 0.0785. The van der Waals surface area contributed by atoms with E-state index in [2.05, 4.69) is 15.0 Å². The van der Waals surface area contributed by atoms with Crippen molar-refractivity contribution in [2.75, 3.05) is 29.3 Å². The van der Waals surface area contributed by atoms with Crippen LogP contribution in [0.25, 0.3) is 0 Å². The second-order valence-electron chi connectivity index (χ2n) is 8.54. The van der Waals surface area contributed by atoms with E-state index in [1.165, 1.54) is 24.1 Å². The number of guanidine groups is 1. The number of carbonyl (C=O) groups is 2. The molecule has 36 heavy (non-hydrogen) atoms. The molecular weight excluding hydrogens is 486 g/mol. The number of nitrogens with one attached hydrogen (secondary N) is 4. The number of sulfonamides is 1. The molecule has 0 saturated carbocycles. The fraction of sp³-hybridized carbons (Fsp3) is 0.391. The van der Waals surface area contributed by atoms with E-state index in [4.69, 9.17) is 11.1 Å². The van der Waals surface area contributed by atoms with Crippen molar-refractivity contribution in [1.82, 2.24) is 15.2 Å². The summed E-state index contributed by atoms with van der Waals surface area (Å²) < 4.78 is 28.1. The molecule has 6 N–H and O–H groups in total. The summed E-state index contributed by atoms with van der Waals surface area (Å²) >= 11 is 0. The van der Waals surface area contributed by atoms with Crippen LogP contribution in [0.2, 0.25) is 0 Å². The lowest BCUT2D eigenvalue weighted by atomic mass is 10.0. The summed E-state index contributed by atoms with van der Waals surface area (Å²) in [7, 11) is -4.05. The molecule has 1 unspecified atom stereocenters. The fourth-order valence-electron chi connectivity index (χ4n) is 4.27. The quantitative estimate of drug-likeness (QED) is 0.168. The maximum atomic E-state index is 12.9. The first-order chi connectivity index (χ1) is 17.1. The summed E-state index contributed by atoms with van der Waals surface area (Å²) in [5.41, 5.74) is 5.08. The van der Waals surface area contributed by atoms with Gasteiger partial charge in [0.1, 0.15) is 18.0 Å². The minimum atomic E-state index is -4.05. The molecule has 1 aromatic carbocycles. The van der Waals surface area contributed by atoms with Gasteiger partial charge >= 0.3 is 0 Å². The van der Waals surface area contributed by atoms with Crippen molar-refractivity contribution >= 4 is 39.6 Å². The lowest BCUT2D eigenvalue weighted by molar-refractivity contribution is -0.119. The Balaban J connectivity index is 1.95. The average Bonchev–Trinajstić information content (AvgIpc) is 2.83. The van der Waals surface area contributed by atoms with Crippen molar-refractivity contribution in [3.8, 4) is 0 Å².